The van der Waals surface area contributed by atoms with Gasteiger partial charge in [-0.3, -0.25) is 9.59 Å². The predicted octanol–water partition coefficient (Wildman–Crippen LogP) is 3.47. The molecule has 1 aromatic carbocycles. The van der Waals surface area contributed by atoms with Gasteiger partial charge in [0.05, 0.1) is 17.8 Å². The summed E-state index contributed by atoms with van der Waals surface area (Å²) in [6.45, 7) is 1.99. The lowest BCUT2D eigenvalue weighted by atomic mass is 10.00. The number of halogens is 2. The Bertz CT molecular complexity index is 1170. The Morgan fingerprint density at radius 3 is 2.84 bits per heavy atom. The Morgan fingerprint density at radius 1 is 1.23 bits per heavy atom. The zero-order valence-corrected chi connectivity index (χ0v) is 17.4. The molecular formula is C21H20F2N4O3S. The van der Waals surface area contributed by atoms with Gasteiger partial charge in [-0.15, -0.1) is 0 Å². The van der Waals surface area contributed by atoms with E-state index in [1.54, 1.807) is 4.90 Å². The van der Waals surface area contributed by atoms with Crippen LogP contribution >= 0.6 is 11.3 Å². The summed E-state index contributed by atoms with van der Waals surface area (Å²) >= 11 is 1.37. The molecule has 0 radical (unpaired) electrons. The van der Waals surface area contributed by atoms with Gasteiger partial charge < -0.3 is 19.9 Å². The molecule has 31 heavy (non-hydrogen) atoms. The highest BCUT2D eigenvalue weighted by Gasteiger charge is 2.28. The molecule has 162 valence electrons. The van der Waals surface area contributed by atoms with Crippen LogP contribution in [0, 0.1) is 17.6 Å². The van der Waals surface area contributed by atoms with Gasteiger partial charge in [0.2, 0.25) is 5.91 Å². The lowest BCUT2D eigenvalue weighted by Crippen LogP contribution is -2.35. The van der Waals surface area contributed by atoms with Crippen molar-refractivity contribution in [2.75, 3.05) is 25.1 Å². The second kappa shape index (κ2) is 8.01. The van der Waals surface area contributed by atoms with E-state index in [4.69, 9.17) is 4.74 Å². The summed E-state index contributed by atoms with van der Waals surface area (Å²) in [6.07, 6.45) is 1.97. The molecule has 1 fully saturated rings. The smallest absolute Gasteiger partial charge is 0.270 e. The topological polar surface area (TPSA) is 87.3 Å². The molecule has 7 nitrogen and oxygen atoms in total. The second-order valence-electron chi connectivity index (χ2n) is 7.77. The van der Waals surface area contributed by atoms with Crippen LogP contribution in [0.1, 0.15) is 33.9 Å². The Kier molecular flexibility index (Phi) is 5.19. The van der Waals surface area contributed by atoms with Crippen LogP contribution in [0.15, 0.2) is 18.2 Å². The van der Waals surface area contributed by atoms with Crippen molar-refractivity contribution in [1.82, 2.24) is 14.9 Å². The SMILES string of the molecule is O=C(Nc1nc2c(s1)CN(C(=O)c1cc3c(F)cc(F)cc3[nH]1)CC2)C1CCOCC1. The van der Waals surface area contributed by atoms with Crippen LogP contribution in [0.2, 0.25) is 0 Å². The van der Waals surface area contributed by atoms with E-state index >= 15 is 0 Å². The molecule has 2 aromatic heterocycles. The molecule has 0 bridgehead atoms. The zero-order chi connectivity index (χ0) is 21.5. The van der Waals surface area contributed by atoms with Crippen LogP contribution in [-0.4, -0.2) is 46.4 Å². The van der Waals surface area contributed by atoms with E-state index in [2.05, 4.69) is 15.3 Å². The average Bonchev–Trinajstić information content (AvgIpc) is 3.37. The van der Waals surface area contributed by atoms with Gasteiger partial charge in [0.1, 0.15) is 17.3 Å². The van der Waals surface area contributed by atoms with Crippen LogP contribution in [0.4, 0.5) is 13.9 Å². The summed E-state index contributed by atoms with van der Waals surface area (Å²) in [5.41, 5.74) is 1.33. The first kappa shape index (κ1) is 20.1. The number of aromatic nitrogens is 2. The first-order chi connectivity index (χ1) is 15.0. The van der Waals surface area contributed by atoms with Crippen molar-refractivity contribution in [3.8, 4) is 0 Å². The van der Waals surface area contributed by atoms with E-state index in [0.717, 1.165) is 16.6 Å². The molecule has 2 aliphatic rings. The second-order valence-corrected chi connectivity index (χ2v) is 8.86. The van der Waals surface area contributed by atoms with Crippen molar-refractivity contribution in [2.24, 2.45) is 5.92 Å². The maximum atomic E-state index is 14.0. The van der Waals surface area contributed by atoms with Crippen molar-refractivity contribution in [1.29, 1.82) is 0 Å². The molecule has 10 heteroatoms. The highest BCUT2D eigenvalue weighted by molar-refractivity contribution is 7.15. The fourth-order valence-electron chi connectivity index (χ4n) is 4.04. The molecule has 2 aliphatic heterocycles. The molecule has 0 aliphatic carbocycles. The van der Waals surface area contributed by atoms with Gasteiger partial charge >= 0.3 is 0 Å². The third-order valence-electron chi connectivity index (χ3n) is 5.72. The number of nitrogens with one attached hydrogen (secondary N) is 2. The predicted molar refractivity (Wildman–Crippen MR) is 111 cm³/mol. The van der Waals surface area contributed by atoms with Gasteiger partial charge in [-0.05, 0) is 25.0 Å². The summed E-state index contributed by atoms with van der Waals surface area (Å²) in [5, 5.41) is 3.62. The fourth-order valence-corrected chi connectivity index (χ4v) is 5.06. The summed E-state index contributed by atoms with van der Waals surface area (Å²) < 4.78 is 32.7. The quantitative estimate of drug-likeness (QED) is 0.645. The largest absolute Gasteiger partial charge is 0.381 e. The number of hydrogen-bond donors (Lipinski definition) is 2. The highest BCUT2D eigenvalue weighted by Crippen LogP contribution is 2.30. The van der Waals surface area contributed by atoms with E-state index in [-0.39, 0.29) is 34.3 Å². The van der Waals surface area contributed by atoms with Gasteiger partial charge in [0.25, 0.3) is 5.91 Å². The first-order valence-electron chi connectivity index (χ1n) is 10.1. The number of ether oxygens (including phenoxy) is 1. The number of rotatable bonds is 3. The monoisotopic (exact) mass is 446 g/mol. The highest BCUT2D eigenvalue weighted by atomic mass is 32.1. The number of anilines is 1. The van der Waals surface area contributed by atoms with Crippen molar-refractivity contribution < 1.29 is 23.1 Å². The van der Waals surface area contributed by atoms with Gasteiger partial charge in [-0.1, -0.05) is 11.3 Å². The van der Waals surface area contributed by atoms with Crippen molar-refractivity contribution >= 4 is 39.2 Å². The number of aromatic amines is 1. The summed E-state index contributed by atoms with van der Waals surface area (Å²) in [7, 11) is 0. The molecule has 5 rings (SSSR count). The summed E-state index contributed by atoms with van der Waals surface area (Å²) in [5.74, 6) is -1.82. The lowest BCUT2D eigenvalue weighted by Gasteiger charge is -2.25. The standard InChI is InChI=1S/C21H20F2N4O3S/c22-12-7-14(23)13-9-17(24-16(13)8-12)20(29)27-4-1-15-18(10-27)31-21(25-15)26-19(28)11-2-5-30-6-3-11/h7-9,11,24H,1-6,10H2,(H,25,26,28). The van der Waals surface area contributed by atoms with Crippen LogP contribution < -0.4 is 5.32 Å². The summed E-state index contributed by atoms with van der Waals surface area (Å²) in [4.78, 5) is 35.3. The molecule has 0 spiro atoms. The molecule has 2 amide bonds. The van der Waals surface area contributed by atoms with E-state index in [1.165, 1.54) is 23.5 Å². The third-order valence-corrected chi connectivity index (χ3v) is 6.72. The summed E-state index contributed by atoms with van der Waals surface area (Å²) in [6, 6.07) is 3.37. The number of H-pyrrole nitrogens is 1. The Labute approximate surface area is 180 Å². The number of benzene rings is 1. The molecule has 4 heterocycles. The number of fused-ring (bicyclic) bond motifs is 2. The number of carbonyl (C=O) groups excluding carboxylic acids is 2. The molecular weight excluding hydrogens is 426 g/mol. The number of thiazole rings is 1. The van der Waals surface area contributed by atoms with E-state index in [1.807, 2.05) is 0 Å². The van der Waals surface area contributed by atoms with Crippen molar-refractivity contribution in [3.05, 3.63) is 46.1 Å². The van der Waals surface area contributed by atoms with Crippen LogP contribution in [0.3, 0.4) is 0 Å². The Balaban J connectivity index is 1.30. The third kappa shape index (κ3) is 3.92. The first-order valence-corrected chi connectivity index (χ1v) is 10.9. The van der Waals surface area contributed by atoms with E-state index in [0.29, 0.717) is 50.7 Å². The zero-order valence-electron chi connectivity index (χ0n) is 16.5. The van der Waals surface area contributed by atoms with Crippen molar-refractivity contribution in [3.63, 3.8) is 0 Å². The molecule has 2 N–H and O–H groups in total. The minimum absolute atomic E-state index is 0.0466. The normalized spacial score (nSPS) is 17.0. The Hall–Kier alpha value is -2.85. The number of hydrogen-bond acceptors (Lipinski definition) is 5. The van der Waals surface area contributed by atoms with Crippen LogP contribution in [0.25, 0.3) is 10.9 Å². The molecule has 0 saturated carbocycles. The average molecular weight is 446 g/mol. The molecule has 3 aromatic rings. The molecule has 1 saturated heterocycles. The van der Waals surface area contributed by atoms with Gasteiger partial charge in [0.15, 0.2) is 5.13 Å². The number of carbonyl (C=O) groups is 2. The van der Waals surface area contributed by atoms with Crippen LogP contribution in [-0.2, 0) is 22.5 Å². The van der Waals surface area contributed by atoms with Crippen LogP contribution in [0.5, 0.6) is 0 Å². The lowest BCUT2D eigenvalue weighted by molar-refractivity contribution is -0.122. The molecule has 0 atom stereocenters. The minimum Gasteiger partial charge on any atom is -0.381 e. The maximum Gasteiger partial charge on any atom is 0.270 e. The minimum atomic E-state index is -0.710. The van der Waals surface area contributed by atoms with Gasteiger partial charge in [-0.25, -0.2) is 13.8 Å². The van der Waals surface area contributed by atoms with E-state index < -0.39 is 11.6 Å². The number of amides is 2. The van der Waals surface area contributed by atoms with Gasteiger partial charge in [0, 0.05) is 48.4 Å². The fraction of sp³-hybridized carbons (Fsp3) is 0.381. The Morgan fingerprint density at radius 2 is 2.03 bits per heavy atom. The van der Waals surface area contributed by atoms with E-state index in [9.17, 15) is 18.4 Å². The molecule has 0 unspecified atom stereocenters. The van der Waals surface area contributed by atoms with Gasteiger partial charge in [-0.2, -0.15) is 0 Å². The maximum absolute atomic E-state index is 14.0. The van der Waals surface area contributed by atoms with Crippen molar-refractivity contribution in [2.45, 2.75) is 25.8 Å². The number of nitrogens with zero attached hydrogens (tertiary/aromatic N) is 2.